The van der Waals surface area contributed by atoms with E-state index >= 15 is 0 Å². The predicted molar refractivity (Wildman–Crippen MR) is 112 cm³/mol. The van der Waals surface area contributed by atoms with Crippen LogP contribution in [0.1, 0.15) is 27.9 Å². The fourth-order valence-electron chi connectivity index (χ4n) is 2.62. The van der Waals surface area contributed by atoms with E-state index in [0.29, 0.717) is 34.2 Å². The van der Waals surface area contributed by atoms with Crippen LogP contribution in [0.3, 0.4) is 0 Å². The number of hydrazone groups is 1. The molecule has 0 radical (unpaired) electrons. The lowest BCUT2D eigenvalue weighted by molar-refractivity contribution is 0.0958. The van der Waals surface area contributed by atoms with E-state index in [1.165, 1.54) is 11.3 Å². The summed E-state index contributed by atoms with van der Waals surface area (Å²) in [5.41, 5.74) is 4.94. The van der Waals surface area contributed by atoms with Crippen molar-refractivity contribution in [3.05, 3.63) is 64.7 Å². The molecule has 0 saturated heterocycles. The number of ether oxygens (including phenoxy) is 2. The summed E-state index contributed by atoms with van der Waals surface area (Å²) >= 11 is 1.34. The molecule has 3 rings (SSSR count). The number of aromatic nitrogens is 1. The van der Waals surface area contributed by atoms with E-state index in [-0.39, 0.29) is 5.91 Å². The molecule has 0 bridgehead atoms. The van der Waals surface area contributed by atoms with E-state index in [4.69, 9.17) is 9.47 Å². The molecule has 0 aliphatic carbocycles. The zero-order chi connectivity index (χ0) is 19.9. The van der Waals surface area contributed by atoms with E-state index in [1.807, 2.05) is 62.4 Å². The van der Waals surface area contributed by atoms with E-state index in [9.17, 15) is 4.79 Å². The van der Waals surface area contributed by atoms with Crippen LogP contribution in [-0.2, 0) is 0 Å². The fraction of sp³-hybridized carbons (Fsp3) is 0.190. The zero-order valence-corrected chi connectivity index (χ0v) is 16.7. The van der Waals surface area contributed by atoms with Gasteiger partial charge in [-0.05, 0) is 26.0 Å². The van der Waals surface area contributed by atoms with Gasteiger partial charge in [0.25, 0.3) is 5.91 Å². The third-order valence-corrected chi connectivity index (χ3v) is 5.12. The summed E-state index contributed by atoms with van der Waals surface area (Å²) in [5.74, 6) is 0.906. The molecule has 1 N–H and O–H groups in total. The molecule has 1 aromatic heterocycles. The molecule has 1 heterocycles. The van der Waals surface area contributed by atoms with Crippen LogP contribution in [-0.4, -0.2) is 30.8 Å². The summed E-state index contributed by atoms with van der Waals surface area (Å²) in [4.78, 5) is 17.6. The Balaban J connectivity index is 1.75. The van der Waals surface area contributed by atoms with Crippen LogP contribution in [0.5, 0.6) is 11.5 Å². The monoisotopic (exact) mass is 395 g/mol. The molecule has 1 amide bonds. The van der Waals surface area contributed by atoms with Crippen LogP contribution in [0.15, 0.2) is 53.6 Å². The highest BCUT2D eigenvalue weighted by Gasteiger charge is 2.16. The van der Waals surface area contributed by atoms with Gasteiger partial charge in [-0.25, -0.2) is 10.4 Å². The van der Waals surface area contributed by atoms with Gasteiger partial charge in [0.2, 0.25) is 0 Å². The second-order valence-corrected chi connectivity index (χ2v) is 6.81. The number of benzene rings is 2. The van der Waals surface area contributed by atoms with Crippen LogP contribution < -0.4 is 14.9 Å². The molecule has 0 atom stereocenters. The number of amides is 1. The maximum Gasteiger partial charge on any atom is 0.283 e. The first-order chi connectivity index (χ1) is 13.6. The number of nitrogens with zero attached hydrogens (tertiary/aromatic N) is 2. The molecule has 28 heavy (non-hydrogen) atoms. The number of para-hydroxylation sites is 1. The van der Waals surface area contributed by atoms with Gasteiger partial charge in [-0.3, -0.25) is 4.79 Å². The molecule has 3 aromatic rings. The Morgan fingerprint density at radius 3 is 2.71 bits per heavy atom. The smallest absolute Gasteiger partial charge is 0.283 e. The minimum atomic E-state index is -0.297. The van der Waals surface area contributed by atoms with Crippen LogP contribution in [0.25, 0.3) is 10.6 Å². The molecule has 144 valence electrons. The standard InChI is InChI=1S/C21H21N3O3S/c1-4-27-18-16(11-8-12-17(18)26-3)13-22-24-20(25)19-14(2)23-21(28-19)15-9-6-5-7-10-15/h5-13H,4H2,1-3H3,(H,24,25)/b22-13+. The minimum Gasteiger partial charge on any atom is -0.493 e. The second-order valence-electron chi connectivity index (χ2n) is 5.81. The Bertz CT molecular complexity index is 984. The lowest BCUT2D eigenvalue weighted by atomic mass is 10.2. The van der Waals surface area contributed by atoms with Crippen molar-refractivity contribution >= 4 is 23.5 Å². The molecule has 6 nitrogen and oxygen atoms in total. The molecule has 0 aliphatic rings. The van der Waals surface area contributed by atoms with Crippen LogP contribution in [0.2, 0.25) is 0 Å². The number of carbonyl (C=O) groups is 1. The first-order valence-corrected chi connectivity index (χ1v) is 9.61. The molecule has 0 fully saturated rings. The van der Waals surface area contributed by atoms with E-state index < -0.39 is 0 Å². The molecule has 7 heteroatoms. The second kappa shape index (κ2) is 9.14. The third-order valence-electron chi connectivity index (χ3n) is 3.91. The van der Waals surface area contributed by atoms with Gasteiger partial charge in [0.1, 0.15) is 9.88 Å². The average molecular weight is 395 g/mol. The number of rotatable bonds is 7. The summed E-state index contributed by atoms with van der Waals surface area (Å²) in [7, 11) is 1.58. The molecule has 0 spiro atoms. The normalized spacial score (nSPS) is 10.8. The Hall–Kier alpha value is -3.19. The van der Waals surface area contributed by atoms with Gasteiger partial charge >= 0.3 is 0 Å². The van der Waals surface area contributed by atoms with Crippen molar-refractivity contribution in [2.75, 3.05) is 13.7 Å². The van der Waals surface area contributed by atoms with Gasteiger partial charge in [-0.2, -0.15) is 5.10 Å². The highest BCUT2D eigenvalue weighted by molar-refractivity contribution is 7.17. The first-order valence-electron chi connectivity index (χ1n) is 8.80. The summed E-state index contributed by atoms with van der Waals surface area (Å²) in [6.07, 6.45) is 1.54. The van der Waals surface area contributed by atoms with Crippen molar-refractivity contribution in [2.24, 2.45) is 5.10 Å². The van der Waals surface area contributed by atoms with Crippen LogP contribution >= 0.6 is 11.3 Å². The summed E-state index contributed by atoms with van der Waals surface area (Å²) < 4.78 is 11.0. The summed E-state index contributed by atoms with van der Waals surface area (Å²) in [5, 5.41) is 4.88. The molecule has 2 aromatic carbocycles. The lowest BCUT2D eigenvalue weighted by Crippen LogP contribution is -2.17. The first kappa shape index (κ1) is 19.6. The molecular formula is C21H21N3O3S. The maximum atomic E-state index is 12.5. The third kappa shape index (κ3) is 4.37. The van der Waals surface area contributed by atoms with Gasteiger partial charge in [0, 0.05) is 11.1 Å². The number of nitrogens with one attached hydrogen (secondary N) is 1. The molecule has 0 unspecified atom stereocenters. The largest absolute Gasteiger partial charge is 0.493 e. The van der Waals surface area contributed by atoms with E-state index in [0.717, 1.165) is 10.6 Å². The van der Waals surface area contributed by atoms with Crippen molar-refractivity contribution in [1.29, 1.82) is 0 Å². The SMILES string of the molecule is CCOc1c(/C=N/NC(=O)c2sc(-c3ccccc3)nc2C)cccc1OC. The number of thiazole rings is 1. The molecule has 0 saturated carbocycles. The minimum absolute atomic E-state index is 0.297. The molecular weight excluding hydrogens is 374 g/mol. The van der Waals surface area contributed by atoms with Gasteiger partial charge in [-0.15, -0.1) is 11.3 Å². The van der Waals surface area contributed by atoms with Gasteiger partial charge in [0.15, 0.2) is 11.5 Å². The Labute approximate surface area is 167 Å². The highest BCUT2D eigenvalue weighted by atomic mass is 32.1. The van der Waals surface area contributed by atoms with Gasteiger partial charge < -0.3 is 9.47 Å². The van der Waals surface area contributed by atoms with Gasteiger partial charge in [0.05, 0.1) is 25.6 Å². The van der Waals surface area contributed by atoms with E-state index in [1.54, 1.807) is 13.3 Å². The summed E-state index contributed by atoms with van der Waals surface area (Å²) in [6, 6.07) is 15.3. The van der Waals surface area contributed by atoms with Crippen molar-refractivity contribution in [3.63, 3.8) is 0 Å². The average Bonchev–Trinajstić information content (AvgIpc) is 3.11. The van der Waals surface area contributed by atoms with Gasteiger partial charge in [-0.1, -0.05) is 36.4 Å². The van der Waals surface area contributed by atoms with Crippen LogP contribution in [0, 0.1) is 6.92 Å². The number of aryl methyl sites for hydroxylation is 1. The summed E-state index contributed by atoms with van der Waals surface area (Å²) in [6.45, 7) is 4.21. The van der Waals surface area contributed by atoms with Crippen LogP contribution in [0.4, 0.5) is 0 Å². The lowest BCUT2D eigenvalue weighted by Gasteiger charge is -2.11. The van der Waals surface area contributed by atoms with E-state index in [2.05, 4.69) is 15.5 Å². The fourth-order valence-corrected chi connectivity index (χ4v) is 3.58. The Morgan fingerprint density at radius 1 is 1.21 bits per heavy atom. The number of hydrogen-bond acceptors (Lipinski definition) is 6. The van der Waals surface area contributed by atoms with Crippen molar-refractivity contribution in [2.45, 2.75) is 13.8 Å². The quantitative estimate of drug-likeness (QED) is 0.478. The number of hydrogen-bond donors (Lipinski definition) is 1. The highest BCUT2D eigenvalue weighted by Crippen LogP contribution is 2.30. The topological polar surface area (TPSA) is 72.8 Å². The Kier molecular flexibility index (Phi) is 6.39. The van der Waals surface area contributed by atoms with Crippen molar-refractivity contribution in [1.82, 2.24) is 10.4 Å². The maximum absolute atomic E-state index is 12.5. The van der Waals surface area contributed by atoms with Crippen molar-refractivity contribution in [3.8, 4) is 22.1 Å². The number of carbonyl (C=O) groups excluding carboxylic acids is 1. The van der Waals surface area contributed by atoms with Crippen molar-refractivity contribution < 1.29 is 14.3 Å². The number of methoxy groups -OCH3 is 1. The molecule has 0 aliphatic heterocycles. The Morgan fingerprint density at radius 2 is 2.00 bits per heavy atom. The zero-order valence-electron chi connectivity index (χ0n) is 15.9. The predicted octanol–water partition coefficient (Wildman–Crippen LogP) is 4.29.